The van der Waals surface area contributed by atoms with Crippen LogP contribution in [-0.4, -0.2) is 63.9 Å². The molecule has 0 spiro atoms. The smallest absolute Gasteiger partial charge is 0.308 e. The van der Waals surface area contributed by atoms with Crippen LogP contribution in [0.25, 0.3) is 0 Å². The third-order valence-electron chi connectivity index (χ3n) is 12.5. The van der Waals surface area contributed by atoms with E-state index in [9.17, 15) is 18.0 Å². The zero-order valence-corrected chi connectivity index (χ0v) is 37.3. The number of nitrogens with two attached hydrogens (primary N) is 1. The third-order valence-corrected chi connectivity index (χ3v) is 13.4. The summed E-state index contributed by atoms with van der Waals surface area (Å²) in [6.07, 6.45) is 43.6. The van der Waals surface area contributed by atoms with Crippen LogP contribution in [-0.2, 0) is 29.1 Å². The van der Waals surface area contributed by atoms with Crippen molar-refractivity contribution in [2.75, 3.05) is 38.6 Å². The molecule has 0 aromatic rings. The van der Waals surface area contributed by atoms with Gasteiger partial charge in [-0.25, -0.2) is 13.6 Å². The molecule has 0 heterocycles. The Balaban J connectivity index is 1.62. The fourth-order valence-corrected chi connectivity index (χ4v) is 9.38. The van der Waals surface area contributed by atoms with Gasteiger partial charge in [0.15, 0.2) is 0 Å². The molecule has 2 fully saturated rings. The molecule has 0 aromatic heterocycles. The van der Waals surface area contributed by atoms with Gasteiger partial charge in [0, 0.05) is 0 Å². The topological polar surface area (TPSA) is 116 Å². The van der Waals surface area contributed by atoms with Gasteiger partial charge in [-0.1, -0.05) is 180 Å². The summed E-state index contributed by atoms with van der Waals surface area (Å²) in [6, 6.07) is 0. The van der Waals surface area contributed by atoms with Crippen LogP contribution in [0, 0.1) is 11.8 Å². The maximum absolute atomic E-state index is 13.0. The van der Waals surface area contributed by atoms with Gasteiger partial charge in [0.05, 0.1) is 30.8 Å². The van der Waals surface area contributed by atoms with E-state index in [1.165, 1.54) is 128 Å². The Labute approximate surface area is 346 Å². The van der Waals surface area contributed by atoms with Gasteiger partial charge in [-0.3, -0.25) is 9.59 Å². The zero-order valence-electron chi connectivity index (χ0n) is 36.4. The van der Waals surface area contributed by atoms with Crippen molar-refractivity contribution in [3.63, 3.8) is 0 Å². The number of hydrogen-bond donors (Lipinski definition) is 1. The second kappa shape index (κ2) is 35.7. The summed E-state index contributed by atoms with van der Waals surface area (Å²) in [5.41, 5.74) is 0. The molecular weight excluding hydrogens is 721 g/mol. The van der Waals surface area contributed by atoms with Crippen molar-refractivity contribution in [3.8, 4) is 0 Å². The Morgan fingerprint density at radius 3 is 0.982 bits per heavy atom. The van der Waals surface area contributed by atoms with Crippen molar-refractivity contribution >= 4 is 22.0 Å². The van der Waals surface area contributed by atoms with Crippen LogP contribution in [0.3, 0.4) is 0 Å². The molecule has 2 aliphatic rings. The molecule has 0 bridgehead atoms. The maximum atomic E-state index is 13.0. The third kappa shape index (κ3) is 30.8. The number of primary sulfonamides is 1. The molecule has 0 radical (unpaired) electrons. The zero-order chi connectivity index (χ0) is 40.2. The molecule has 56 heavy (non-hydrogen) atoms. The molecule has 2 saturated carbocycles. The Bertz CT molecular complexity index is 946. The maximum Gasteiger partial charge on any atom is 0.308 e. The van der Waals surface area contributed by atoms with Crippen molar-refractivity contribution in [1.82, 2.24) is 4.90 Å². The first-order chi connectivity index (χ1) is 27.3. The first kappa shape index (κ1) is 51.0. The van der Waals surface area contributed by atoms with E-state index < -0.39 is 10.0 Å². The van der Waals surface area contributed by atoms with Crippen molar-refractivity contribution in [1.29, 1.82) is 0 Å². The number of carbonyl (C=O) groups is 2. The van der Waals surface area contributed by atoms with E-state index in [1.54, 1.807) is 0 Å². The summed E-state index contributed by atoms with van der Waals surface area (Å²) in [5, 5.41) is 5.29. The molecule has 2 N–H and O–H groups in total. The second-order valence-electron chi connectivity index (χ2n) is 17.8. The van der Waals surface area contributed by atoms with E-state index in [0.29, 0.717) is 19.6 Å². The molecule has 0 atom stereocenters. The Hall–Kier alpha value is -1.19. The van der Waals surface area contributed by atoms with Gasteiger partial charge in [-0.05, 0) is 77.4 Å². The Morgan fingerprint density at radius 2 is 0.679 bits per heavy atom. The van der Waals surface area contributed by atoms with Crippen molar-refractivity contribution in [2.45, 2.75) is 238 Å². The van der Waals surface area contributed by atoms with Crippen LogP contribution >= 0.6 is 0 Å². The standard InChI is InChI=1S/C47H90N2O6S/c48-56(52,53)43-33-40-49(38-29-21-23-31-41-54-46(50)44-34-25-17-13-9-5-1-2-6-10-14-18-26-35-44)39-30-22-24-32-42-55-47(51)45-36-27-19-15-11-7-3-4-8-12-16-20-28-37-45/h44-45H,1-43H2,(H2,48,52,53). The predicted octanol–water partition coefficient (Wildman–Crippen LogP) is 12.4. The summed E-state index contributed by atoms with van der Waals surface area (Å²) < 4.78 is 34.8. The minimum atomic E-state index is -3.46. The molecule has 2 rings (SSSR count). The van der Waals surface area contributed by atoms with Crippen LogP contribution < -0.4 is 5.14 Å². The van der Waals surface area contributed by atoms with Gasteiger partial charge in [0.2, 0.25) is 10.0 Å². The highest BCUT2D eigenvalue weighted by Crippen LogP contribution is 2.24. The van der Waals surface area contributed by atoms with Gasteiger partial charge in [0.25, 0.3) is 0 Å². The quantitative estimate of drug-likeness (QED) is 0.0961. The van der Waals surface area contributed by atoms with E-state index in [1.807, 2.05) is 0 Å². The number of carbonyl (C=O) groups excluding carboxylic acids is 2. The van der Waals surface area contributed by atoms with Crippen LogP contribution in [0.2, 0.25) is 0 Å². The van der Waals surface area contributed by atoms with Crippen LogP contribution in [0.15, 0.2) is 0 Å². The molecule has 0 aliphatic heterocycles. The van der Waals surface area contributed by atoms with Gasteiger partial charge in [-0.2, -0.15) is 0 Å². The van der Waals surface area contributed by atoms with E-state index in [2.05, 4.69) is 4.90 Å². The number of sulfonamides is 1. The average molecular weight is 811 g/mol. The molecular formula is C47H90N2O6S. The molecule has 0 unspecified atom stereocenters. The fraction of sp³-hybridized carbons (Fsp3) is 0.957. The number of esters is 2. The highest BCUT2D eigenvalue weighted by molar-refractivity contribution is 7.89. The summed E-state index contributed by atoms with van der Waals surface area (Å²) in [5.74, 6) is 0.212. The first-order valence-electron chi connectivity index (χ1n) is 24.4. The normalized spacial score (nSPS) is 19.6. The van der Waals surface area contributed by atoms with E-state index in [0.717, 1.165) is 122 Å². The van der Waals surface area contributed by atoms with Crippen LogP contribution in [0.1, 0.15) is 238 Å². The number of hydrogen-bond acceptors (Lipinski definition) is 7. The van der Waals surface area contributed by atoms with E-state index in [-0.39, 0.29) is 29.5 Å². The Morgan fingerprint density at radius 1 is 0.411 bits per heavy atom. The van der Waals surface area contributed by atoms with Crippen molar-refractivity contribution in [3.05, 3.63) is 0 Å². The molecule has 330 valence electrons. The molecule has 0 aromatic carbocycles. The molecule has 0 saturated heterocycles. The number of ether oxygens (including phenoxy) is 2. The molecule has 8 nitrogen and oxygen atoms in total. The lowest BCUT2D eigenvalue weighted by atomic mass is 9.94. The van der Waals surface area contributed by atoms with Gasteiger partial charge in [-0.15, -0.1) is 0 Å². The number of unbranched alkanes of at least 4 members (excludes halogenated alkanes) is 6. The van der Waals surface area contributed by atoms with E-state index in [4.69, 9.17) is 14.6 Å². The lowest BCUT2D eigenvalue weighted by molar-refractivity contribution is -0.150. The van der Waals surface area contributed by atoms with Gasteiger partial charge >= 0.3 is 11.9 Å². The van der Waals surface area contributed by atoms with Crippen molar-refractivity contribution < 1.29 is 27.5 Å². The summed E-state index contributed by atoms with van der Waals surface area (Å²) in [4.78, 5) is 28.4. The fourth-order valence-electron chi connectivity index (χ4n) is 8.85. The summed E-state index contributed by atoms with van der Waals surface area (Å²) in [6.45, 7) is 3.64. The van der Waals surface area contributed by atoms with Crippen LogP contribution in [0.5, 0.6) is 0 Å². The molecule has 2 aliphatic carbocycles. The summed E-state index contributed by atoms with van der Waals surface area (Å²) >= 11 is 0. The average Bonchev–Trinajstić information content (AvgIpc) is 3.19. The minimum Gasteiger partial charge on any atom is -0.465 e. The van der Waals surface area contributed by atoms with Crippen LogP contribution in [0.4, 0.5) is 0 Å². The first-order valence-corrected chi connectivity index (χ1v) is 26.1. The SMILES string of the molecule is NS(=O)(=O)CCCN(CCCCCCOC(=O)C1CCCCCCCCCCCCCC1)CCCCCCOC(=O)C1CCCCCCCCCCCCCC1. The predicted molar refractivity (Wildman–Crippen MR) is 234 cm³/mol. The van der Waals surface area contributed by atoms with Gasteiger partial charge < -0.3 is 14.4 Å². The minimum absolute atomic E-state index is 0.0161. The second-order valence-corrected chi connectivity index (χ2v) is 19.5. The lowest BCUT2D eigenvalue weighted by Crippen LogP contribution is -2.29. The monoisotopic (exact) mass is 811 g/mol. The molecule has 9 heteroatoms. The Kier molecular flexibility index (Phi) is 32.5. The lowest BCUT2D eigenvalue weighted by Gasteiger charge is -2.22. The van der Waals surface area contributed by atoms with Gasteiger partial charge in [0.1, 0.15) is 0 Å². The largest absolute Gasteiger partial charge is 0.465 e. The summed E-state index contributed by atoms with van der Waals surface area (Å²) in [7, 11) is -3.46. The van der Waals surface area contributed by atoms with E-state index >= 15 is 0 Å². The number of nitrogens with zero attached hydrogens (tertiary/aromatic N) is 1. The molecule has 0 amide bonds. The van der Waals surface area contributed by atoms with Crippen molar-refractivity contribution in [2.24, 2.45) is 17.0 Å². The highest BCUT2D eigenvalue weighted by atomic mass is 32.2. The number of rotatable bonds is 20. The highest BCUT2D eigenvalue weighted by Gasteiger charge is 2.21.